The molecule has 0 amide bonds. The van der Waals surface area contributed by atoms with E-state index in [0.29, 0.717) is 18.2 Å². The molecule has 46 heavy (non-hydrogen) atoms. The zero-order valence-electron chi connectivity index (χ0n) is 21.7. The molecule has 0 unspecified atom stereocenters. The van der Waals surface area contributed by atoms with E-state index in [4.69, 9.17) is 0 Å². The molecular formula is C30H6BF15. The Balaban J connectivity index is 1.98. The Labute approximate surface area is 245 Å². The Morgan fingerprint density at radius 2 is 0.500 bits per heavy atom. The van der Waals surface area contributed by atoms with Crippen LogP contribution in [0.2, 0.25) is 0 Å². The van der Waals surface area contributed by atoms with E-state index in [1.165, 1.54) is 0 Å². The molecule has 0 saturated heterocycles. The Hall–Kier alpha value is -4.89. The number of fused-ring (bicyclic) bond motifs is 3. The van der Waals surface area contributed by atoms with Gasteiger partial charge in [-0.1, -0.05) is 18.2 Å². The van der Waals surface area contributed by atoms with Gasteiger partial charge in [-0.15, -0.1) is 0 Å². The van der Waals surface area contributed by atoms with Crippen molar-refractivity contribution >= 4 is 55.4 Å². The van der Waals surface area contributed by atoms with Gasteiger partial charge in [0.2, 0.25) is 0 Å². The average Bonchev–Trinajstić information content (AvgIpc) is 3.02. The molecule has 0 aliphatic carbocycles. The maximum Gasteiger partial charge on any atom is 0.255 e. The van der Waals surface area contributed by atoms with Crippen LogP contribution in [-0.2, 0) is 0 Å². The largest absolute Gasteiger partial charge is 0.255 e. The highest BCUT2D eigenvalue weighted by atomic mass is 19.2. The highest BCUT2D eigenvalue weighted by Crippen LogP contribution is 2.32. The van der Waals surface area contributed by atoms with Crippen LogP contribution < -0.4 is 16.4 Å². The fourth-order valence-electron chi connectivity index (χ4n) is 5.58. The van der Waals surface area contributed by atoms with Crippen molar-refractivity contribution < 1.29 is 65.9 Å². The van der Waals surface area contributed by atoms with E-state index in [1.807, 2.05) is 0 Å². The molecule has 0 aliphatic rings. The molecule has 16 heteroatoms. The molecular weight excluding hydrogens is 656 g/mol. The van der Waals surface area contributed by atoms with E-state index in [1.54, 1.807) is 0 Å². The van der Waals surface area contributed by atoms with Crippen LogP contribution in [-0.4, -0.2) is 6.71 Å². The van der Waals surface area contributed by atoms with Crippen LogP contribution >= 0.6 is 0 Å². The van der Waals surface area contributed by atoms with Gasteiger partial charge in [0.15, 0.2) is 87.3 Å². The van der Waals surface area contributed by atoms with E-state index in [9.17, 15) is 39.5 Å². The summed E-state index contributed by atoms with van der Waals surface area (Å²) in [7, 11) is 0. The van der Waals surface area contributed by atoms with E-state index in [0.717, 1.165) is 0 Å². The van der Waals surface area contributed by atoms with E-state index in [2.05, 4.69) is 0 Å². The summed E-state index contributed by atoms with van der Waals surface area (Å²) in [5.74, 6) is -35.1. The Bertz CT molecular complexity index is 2070. The van der Waals surface area contributed by atoms with Crippen molar-refractivity contribution in [2.24, 2.45) is 0 Å². The SMILES string of the molecule is Fc1ccc2c(B(c3c(F)c(F)c(F)c4c(F)c(F)ccc34)c3c(F)c(F)c(F)c4c(F)c(F)ccc34)c(F)c(F)c(F)c2c1F. The fourth-order valence-corrected chi connectivity index (χ4v) is 5.58. The number of hydrogen-bond donors (Lipinski definition) is 0. The van der Waals surface area contributed by atoms with Crippen molar-refractivity contribution in [3.05, 3.63) is 124 Å². The fraction of sp³-hybridized carbons (Fsp3) is 0. The van der Waals surface area contributed by atoms with E-state index < -0.39 is 143 Å². The normalized spacial score (nSPS) is 11.8. The maximum absolute atomic E-state index is 15.9. The number of halogens is 15. The second kappa shape index (κ2) is 10.6. The Kier molecular flexibility index (Phi) is 7.17. The van der Waals surface area contributed by atoms with E-state index >= 15 is 26.3 Å². The van der Waals surface area contributed by atoms with Gasteiger partial charge >= 0.3 is 0 Å². The molecule has 0 bridgehead atoms. The maximum atomic E-state index is 15.9. The summed E-state index contributed by atoms with van der Waals surface area (Å²) in [6.07, 6.45) is 0. The van der Waals surface area contributed by atoms with Crippen LogP contribution in [0.25, 0.3) is 32.3 Å². The smallest absolute Gasteiger partial charge is 0.204 e. The van der Waals surface area contributed by atoms with Crippen molar-refractivity contribution in [2.45, 2.75) is 0 Å². The molecule has 0 fully saturated rings. The number of rotatable bonds is 3. The molecule has 6 aromatic carbocycles. The monoisotopic (exact) mass is 662 g/mol. The first-order chi connectivity index (χ1) is 21.6. The third-order valence-corrected chi connectivity index (χ3v) is 7.55. The second-order valence-electron chi connectivity index (χ2n) is 9.85. The van der Waals surface area contributed by atoms with E-state index in [-0.39, 0.29) is 18.2 Å². The summed E-state index contributed by atoms with van der Waals surface area (Å²) in [4.78, 5) is 0. The van der Waals surface area contributed by atoms with Crippen molar-refractivity contribution in [3.63, 3.8) is 0 Å². The lowest BCUT2D eigenvalue weighted by Crippen LogP contribution is -2.57. The van der Waals surface area contributed by atoms with Gasteiger partial charge in [0, 0.05) is 0 Å². The van der Waals surface area contributed by atoms with Crippen molar-refractivity contribution in [3.8, 4) is 0 Å². The van der Waals surface area contributed by atoms with Gasteiger partial charge in [0.25, 0.3) is 6.71 Å². The van der Waals surface area contributed by atoms with Gasteiger partial charge in [-0.2, -0.15) is 0 Å². The standard InChI is InChI=1S/C30H6BF15/c32-10-4-1-7-13(19(10)35)22(38)28(44)25(41)16(7)31(17-8-2-5-11(33)20(36)14(8)23(39)29(45)26(17)42)18-9-3-6-12(34)21(37)15(9)24(40)30(46)27(18)43/h1-6H. The van der Waals surface area contributed by atoms with Gasteiger partial charge in [-0.05, 0) is 50.7 Å². The van der Waals surface area contributed by atoms with Crippen molar-refractivity contribution in [1.82, 2.24) is 0 Å². The molecule has 0 nitrogen and oxygen atoms in total. The number of benzene rings is 6. The van der Waals surface area contributed by atoms with Crippen molar-refractivity contribution in [1.29, 1.82) is 0 Å². The summed E-state index contributed by atoms with van der Waals surface area (Å²) in [6, 6.07) is 1.50. The molecule has 6 rings (SSSR count). The lowest BCUT2D eigenvalue weighted by molar-refractivity contribution is 0.449. The summed E-state index contributed by atoms with van der Waals surface area (Å²) >= 11 is 0. The third-order valence-electron chi connectivity index (χ3n) is 7.55. The molecule has 0 N–H and O–H groups in total. The molecule has 0 saturated carbocycles. The predicted molar refractivity (Wildman–Crippen MR) is 136 cm³/mol. The minimum absolute atomic E-state index is 0.179. The highest BCUT2D eigenvalue weighted by Gasteiger charge is 2.41. The molecule has 0 aromatic heterocycles. The van der Waals surface area contributed by atoms with Crippen LogP contribution in [0.4, 0.5) is 65.9 Å². The van der Waals surface area contributed by atoms with Crippen LogP contribution in [0, 0.1) is 87.3 Å². The first kappa shape index (κ1) is 31.1. The topological polar surface area (TPSA) is 0 Å². The third kappa shape index (κ3) is 4.07. The first-order valence-electron chi connectivity index (χ1n) is 12.4. The van der Waals surface area contributed by atoms with Gasteiger partial charge in [-0.3, -0.25) is 0 Å². The lowest BCUT2D eigenvalue weighted by Gasteiger charge is -2.24. The van der Waals surface area contributed by atoms with Crippen LogP contribution in [0.15, 0.2) is 36.4 Å². The molecule has 0 heterocycles. The zero-order chi connectivity index (χ0) is 33.7. The molecule has 234 valence electrons. The van der Waals surface area contributed by atoms with Gasteiger partial charge in [0.05, 0.1) is 16.2 Å². The Morgan fingerprint density at radius 3 is 0.739 bits per heavy atom. The zero-order valence-corrected chi connectivity index (χ0v) is 21.7. The number of hydrogen-bond acceptors (Lipinski definition) is 0. The minimum atomic E-state index is -3.15. The van der Waals surface area contributed by atoms with Crippen LogP contribution in [0.3, 0.4) is 0 Å². The van der Waals surface area contributed by atoms with Crippen LogP contribution in [0.1, 0.15) is 0 Å². The van der Waals surface area contributed by atoms with Crippen LogP contribution in [0.5, 0.6) is 0 Å². The minimum Gasteiger partial charge on any atom is -0.204 e. The molecule has 0 aliphatic heterocycles. The molecule has 6 aromatic rings. The first-order valence-corrected chi connectivity index (χ1v) is 12.4. The molecule has 0 radical (unpaired) electrons. The molecule has 0 spiro atoms. The van der Waals surface area contributed by atoms with Crippen molar-refractivity contribution in [2.75, 3.05) is 0 Å². The molecule has 0 atom stereocenters. The highest BCUT2D eigenvalue weighted by molar-refractivity contribution is 6.99. The van der Waals surface area contributed by atoms with Gasteiger partial charge in [0.1, 0.15) is 0 Å². The Morgan fingerprint density at radius 1 is 0.261 bits per heavy atom. The average molecular weight is 662 g/mol. The summed E-state index contributed by atoms with van der Waals surface area (Å²) in [6.45, 7) is -3.15. The second-order valence-corrected chi connectivity index (χ2v) is 9.85. The predicted octanol–water partition coefficient (Wildman–Crippen LogP) is 7.75. The quantitative estimate of drug-likeness (QED) is 0.103. The summed E-state index contributed by atoms with van der Waals surface area (Å²) in [5, 5.41) is -9.14. The lowest BCUT2D eigenvalue weighted by atomic mass is 9.34. The summed E-state index contributed by atoms with van der Waals surface area (Å²) in [5.41, 5.74) is -5.13. The summed E-state index contributed by atoms with van der Waals surface area (Å²) < 4.78 is 224. The van der Waals surface area contributed by atoms with Gasteiger partial charge < -0.3 is 0 Å². The van der Waals surface area contributed by atoms with Gasteiger partial charge in [-0.25, -0.2) is 65.9 Å².